The van der Waals surface area contributed by atoms with Crippen LogP contribution in [0.5, 0.6) is 0 Å². The van der Waals surface area contributed by atoms with Crippen LogP contribution in [0.3, 0.4) is 0 Å². The summed E-state index contributed by atoms with van der Waals surface area (Å²) in [4.78, 5) is 13.7. The molecule has 4 aromatic rings. The van der Waals surface area contributed by atoms with Gasteiger partial charge in [0.05, 0.1) is 9.75 Å². The maximum Gasteiger partial charge on any atom is 0.438 e. The lowest BCUT2D eigenvalue weighted by molar-refractivity contribution is 0.391. The molecule has 4 aromatic heterocycles. The summed E-state index contributed by atoms with van der Waals surface area (Å²) in [7, 11) is 0. The zero-order valence-electron chi connectivity index (χ0n) is 11.9. The first-order chi connectivity index (χ1) is 11.2. The van der Waals surface area contributed by atoms with Crippen molar-refractivity contribution in [1.29, 1.82) is 0 Å². The minimum atomic E-state index is -0.559. The summed E-state index contributed by atoms with van der Waals surface area (Å²) in [6.45, 7) is 1.76. The van der Waals surface area contributed by atoms with E-state index in [1.807, 2.05) is 35.0 Å². The van der Waals surface area contributed by atoms with E-state index in [2.05, 4.69) is 15.3 Å². The minimum Gasteiger partial charge on any atom is -0.418 e. The van der Waals surface area contributed by atoms with Gasteiger partial charge in [-0.3, -0.25) is 0 Å². The van der Waals surface area contributed by atoms with Gasteiger partial charge in [-0.15, -0.1) is 38.0 Å². The Balaban J connectivity index is 1.67. The molecule has 0 aromatic carbocycles. The van der Waals surface area contributed by atoms with Crippen LogP contribution < -0.4 is 5.76 Å². The van der Waals surface area contributed by atoms with Gasteiger partial charge in [0.25, 0.3) is 11.8 Å². The van der Waals surface area contributed by atoms with E-state index in [1.54, 1.807) is 6.92 Å². The zero-order valence-corrected chi connectivity index (χ0v) is 13.5. The predicted molar refractivity (Wildman–Crippen MR) is 85.5 cm³/mol. The lowest BCUT2D eigenvalue weighted by atomic mass is 10.3. The Hall–Kier alpha value is -2.52. The van der Waals surface area contributed by atoms with Gasteiger partial charge in [-0.1, -0.05) is 12.1 Å². The van der Waals surface area contributed by atoms with Crippen molar-refractivity contribution in [3.8, 4) is 21.5 Å². The molecule has 23 heavy (non-hydrogen) atoms. The van der Waals surface area contributed by atoms with E-state index in [1.165, 1.54) is 27.4 Å². The van der Waals surface area contributed by atoms with Gasteiger partial charge < -0.3 is 8.83 Å². The number of rotatable bonds is 4. The van der Waals surface area contributed by atoms with Gasteiger partial charge in [-0.25, -0.2) is 4.79 Å². The Kier molecular flexibility index (Phi) is 3.43. The first kappa shape index (κ1) is 14.1. The van der Waals surface area contributed by atoms with Crippen molar-refractivity contribution >= 4 is 22.7 Å². The third-order valence-electron chi connectivity index (χ3n) is 3.20. The number of thiophene rings is 2. The third-order valence-corrected chi connectivity index (χ3v) is 4.91. The summed E-state index contributed by atoms with van der Waals surface area (Å²) in [5.41, 5.74) is 0. The number of aromatic nitrogens is 4. The molecule has 0 bridgehead atoms. The first-order valence-corrected chi connectivity index (χ1v) is 8.49. The molecule has 0 aliphatic carbocycles. The summed E-state index contributed by atoms with van der Waals surface area (Å²) in [5, 5.41) is 16.1. The van der Waals surface area contributed by atoms with E-state index in [4.69, 9.17) is 8.83 Å². The molecule has 0 aliphatic heterocycles. The fraction of sp³-hybridized carbons (Fsp3) is 0.143. The van der Waals surface area contributed by atoms with Crippen LogP contribution >= 0.6 is 22.7 Å². The molecule has 4 rings (SSSR count). The van der Waals surface area contributed by atoms with E-state index in [-0.39, 0.29) is 5.89 Å². The van der Waals surface area contributed by atoms with Gasteiger partial charge in [0, 0.05) is 0 Å². The topological polar surface area (TPSA) is 86.9 Å². The Morgan fingerprint density at radius 2 is 1.74 bits per heavy atom. The molecule has 0 radical (unpaired) electrons. The van der Waals surface area contributed by atoms with Crippen molar-refractivity contribution in [3.05, 3.63) is 51.5 Å². The molecule has 0 aliphatic rings. The molecular weight excluding hydrogens is 336 g/mol. The second kappa shape index (κ2) is 5.60. The molecule has 0 unspecified atom stereocenters. The van der Waals surface area contributed by atoms with Gasteiger partial charge in [0.1, 0.15) is 6.04 Å². The minimum absolute atomic E-state index is 0.287. The summed E-state index contributed by atoms with van der Waals surface area (Å²) < 4.78 is 12.1. The maximum atomic E-state index is 12.0. The average molecular weight is 346 g/mol. The highest BCUT2D eigenvalue weighted by Gasteiger charge is 2.22. The van der Waals surface area contributed by atoms with Crippen LogP contribution in [0.2, 0.25) is 0 Å². The van der Waals surface area contributed by atoms with E-state index in [0.29, 0.717) is 11.8 Å². The molecule has 0 N–H and O–H groups in total. The van der Waals surface area contributed by atoms with Crippen molar-refractivity contribution in [1.82, 2.24) is 20.0 Å². The van der Waals surface area contributed by atoms with Crippen molar-refractivity contribution in [3.63, 3.8) is 0 Å². The Labute approximate surface area is 137 Å². The van der Waals surface area contributed by atoms with E-state index in [0.717, 1.165) is 9.75 Å². The second-order valence-corrected chi connectivity index (χ2v) is 6.59. The maximum absolute atomic E-state index is 12.0. The van der Waals surface area contributed by atoms with Crippen LogP contribution in [-0.2, 0) is 0 Å². The van der Waals surface area contributed by atoms with Crippen LogP contribution in [0.15, 0.2) is 48.7 Å². The lowest BCUT2D eigenvalue weighted by Crippen LogP contribution is -2.21. The zero-order chi connectivity index (χ0) is 15.8. The largest absolute Gasteiger partial charge is 0.438 e. The summed E-state index contributed by atoms with van der Waals surface area (Å²) in [6, 6.07) is 6.99. The normalized spacial score (nSPS) is 12.6. The molecule has 9 heteroatoms. The van der Waals surface area contributed by atoms with Crippen LogP contribution in [-0.4, -0.2) is 20.0 Å². The van der Waals surface area contributed by atoms with Gasteiger partial charge in [0.2, 0.25) is 5.89 Å². The van der Waals surface area contributed by atoms with Crippen LogP contribution in [0.25, 0.3) is 21.5 Å². The average Bonchev–Trinajstić information content (AvgIpc) is 3.31. The fourth-order valence-corrected chi connectivity index (χ4v) is 3.33. The van der Waals surface area contributed by atoms with Gasteiger partial charge in [-0.2, -0.15) is 4.68 Å². The van der Waals surface area contributed by atoms with Crippen molar-refractivity contribution in [2.75, 3.05) is 0 Å². The lowest BCUT2D eigenvalue weighted by Gasteiger charge is -2.03. The highest BCUT2D eigenvalue weighted by Crippen LogP contribution is 2.26. The fourth-order valence-electron chi connectivity index (χ4n) is 2.04. The van der Waals surface area contributed by atoms with Gasteiger partial charge in [0.15, 0.2) is 0 Å². The molecule has 0 amide bonds. The van der Waals surface area contributed by atoms with Gasteiger partial charge in [-0.05, 0) is 29.8 Å². The number of hydrogen-bond acceptors (Lipinski definition) is 8. The third kappa shape index (κ3) is 2.53. The summed E-state index contributed by atoms with van der Waals surface area (Å²) in [5.74, 6) is 0.463. The van der Waals surface area contributed by atoms with E-state index < -0.39 is 11.8 Å². The molecule has 4 heterocycles. The highest BCUT2D eigenvalue weighted by atomic mass is 32.1. The Morgan fingerprint density at radius 3 is 2.39 bits per heavy atom. The van der Waals surface area contributed by atoms with Crippen molar-refractivity contribution in [2.45, 2.75) is 13.0 Å². The SMILES string of the molecule is C[C@@H](c1nnc(-c2cccs2)o1)n1nc(-c2cccs2)oc1=O. The Morgan fingerprint density at radius 1 is 1.04 bits per heavy atom. The summed E-state index contributed by atoms with van der Waals surface area (Å²) >= 11 is 2.95. The molecule has 7 nitrogen and oxygen atoms in total. The van der Waals surface area contributed by atoms with Crippen molar-refractivity contribution in [2.24, 2.45) is 0 Å². The molecular formula is C14H10N4O3S2. The quantitative estimate of drug-likeness (QED) is 0.563. The standard InChI is InChI=1S/C14H10N4O3S2/c1-8(11-15-16-12(20-11)9-4-2-6-22-9)18-14(19)21-13(17-18)10-5-3-7-23-10/h2-8H,1H3/t8-/m0/s1. The predicted octanol–water partition coefficient (Wildman–Crippen LogP) is 3.29. The number of nitrogens with zero attached hydrogens (tertiary/aromatic N) is 4. The second-order valence-electron chi connectivity index (χ2n) is 4.69. The van der Waals surface area contributed by atoms with E-state index >= 15 is 0 Å². The summed E-state index contributed by atoms with van der Waals surface area (Å²) in [6.07, 6.45) is 0. The molecule has 1 atom stereocenters. The van der Waals surface area contributed by atoms with E-state index in [9.17, 15) is 4.79 Å². The monoisotopic (exact) mass is 346 g/mol. The van der Waals surface area contributed by atoms with Crippen molar-refractivity contribution < 1.29 is 8.83 Å². The first-order valence-electron chi connectivity index (χ1n) is 6.73. The van der Waals surface area contributed by atoms with Crippen LogP contribution in [0.1, 0.15) is 18.9 Å². The molecule has 0 spiro atoms. The van der Waals surface area contributed by atoms with Crippen LogP contribution in [0.4, 0.5) is 0 Å². The smallest absolute Gasteiger partial charge is 0.418 e. The molecule has 116 valence electrons. The molecule has 0 saturated carbocycles. The molecule has 0 fully saturated rings. The number of hydrogen-bond donors (Lipinski definition) is 0. The molecule has 0 saturated heterocycles. The Bertz CT molecular complexity index is 966. The van der Waals surface area contributed by atoms with Gasteiger partial charge >= 0.3 is 5.76 Å². The highest BCUT2D eigenvalue weighted by molar-refractivity contribution is 7.13. The van der Waals surface area contributed by atoms with Crippen LogP contribution in [0, 0.1) is 0 Å².